The molecule has 0 aliphatic heterocycles. The Hall–Kier alpha value is -3.08. The first-order chi connectivity index (χ1) is 36.2. The summed E-state index contributed by atoms with van der Waals surface area (Å²) in [4.78, 5) is 48.6. The van der Waals surface area contributed by atoms with E-state index in [-0.39, 0.29) is 25.9 Å². The summed E-state index contributed by atoms with van der Waals surface area (Å²) in [5, 5.41) is 9.82. The Morgan fingerprint density at radius 1 is 0.392 bits per heavy atom. The van der Waals surface area contributed by atoms with Crippen LogP contribution in [-0.2, 0) is 42.2 Å². The molecule has 0 bridgehead atoms. The molecular formula is C62H109O11P. The zero-order valence-electron chi connectivity index (χ0n) is 47.3. The minimum absolute atomic E-state index is 0.113. The minimum Gasteiger partial charge on any atom is -0.462 e. The van der Waals surface area contributed by atoms with Crippen molar-refractivity contribution >= 4 is 25.7 Å². The van der Waals surface area contributed by atoms with Crippen LogP contribution in [0.3, 0.4) is 0 Å². The van der Waals surface area contributed by atoms with E-state index in [9.17, 15) is 28.9 Å². The predicted octanol–water partition coefficient (Wildman–Crippen LogP) is 17.7. The molecule has 0 aromatic carbocycles. The summed E-state index contributed by atoms with van der Waals surface area (Å²) in [5.74, 6) is -1.52. The summed E-state index contributed by atoms with van der Waals surface area (Å²) in [6, 6.07) is 0. The normalized spacial score (nSPS) is 13.9. The van der Waals surface area contributed by atoms with Gasteiger partial charge in [0.05, 0.1) is 19.8 Å². The molecule has 74 heavy (non-hydrogen) atoms. The minimum atomic E-state index is -4.76. The molecule has 0 amide bonds. The Balaban J connectivity index is 4.76. The van der Waals surface area contributed by atoms with Gasteiger partial charge in [0.2, 0.25) is 0 Å². The summed E-state index contributed by atoms with van der Waals surface area (Å²) < 4.78 is 39.5. The number of phosphoric acid groups is 1. The molecule has 2 N–H and O–H groups in total. The molecule has 0 aliphatic carbocycles. The number of phosphoric ester groups is 1. The summed E-state index contributed by atoms with van der Waals surface area (Å²) in [5.41, 5.74) is 0. The van der Waals surface area contributed by atoms with E-state index in [0.29, 0.717) is 19.3 Å². The molecule has 0 heterocycles. The van der Waals surface area contributed by atoms with Crippen LogP contribution in [0.1, 0.15) is 265 Å². The maximum absolute atomic E-state index is 12.9. The van der Waals surface area contributed by atoms with Crippen molar-refractivity contribution in [2.24, 2.45) is 0 Å². The van der Waals surface area contributed by atoms with E-state index in [0.717, 1.165) is 103 Å². The van der Waals surface area contributed by atoms with E-state index in [1.165, 1.54) is 103 Å². The third-order valence-corrected chi connectivity index (χ3v) is 13.5. The number of ether oxygens (including phenoxy) is 3. The molecule has 11 nitrogen and oxygen atoms in total. The quantitative estimate of drug-likeness (QED) is 0.0197. The zero-order valence-corrected chi connectivity index (χ0v) is 48.2. The highest BCUT2D eigenvalue weighted by Gasteiger charge is 2.28. The Morgan fingerprint density at radius 2 is 0.703 bits per heavy atom. The first-order valence-electron chi connectivity index (χ1n) is 29.8. The molecule has 0 aromatic rings. The van der Waals surface area contributed by atoms with Gasteiger partial charge in [-0.3, -0.25) is 23.4 Å². The average Bonchev–Trinajstić information content (AvgIpc) is 3.39. The Labute approximate surface area is 452 Å². The van der Waals surface area contributed by atoms with Crippen molar-refractivity contribution in [2.75, 3.05) is 26.4 Å². The SMILES string of the molecule is CC/C=C\C/C=C\C/C=C\C/C=C\CCCCC(=O)OC(COC(=O)CCCCCCCCC/C=C\CCCCCCCC)COP(=O)(O)OCC(CO)OC(=O)CCCCCCC/C=C\CCCCCCCC. The van der Waals surface area contributed by atoms with E-state index in [2.05, 4.69) is 93.7 Å². The van der Waals surface area contributed by atoms with Gasteiger partial charge in [0.1, 0.15) is 12.7 Å². The second kappa shape index (κ2) is 56.1. The molecule has 428 valence electrons. The van der Waals surface area contributed by atoms with E-state index in [1.54, 1.807) is 0 Å². The molecular weight excluding hydrogens is 952 g/mol. The summed E-state index contributed by atoms with van der Waals surface area (Å²) in [6.07, 6.45) is 62.9. The maximum Gasteiger partial charge on any atom is 0.472 e. The van der Waals surface area contributed by atoms with Gasteiger partial charge in [0, 0.05) is 19.3 Å². The number of aliphatic hydroxyl groups is 1. The van der Waals surface area contributed by atoms with E-state index < -0.39 is 57.8 Å². The fraction of sp³-hybridized carbons (Fsp3) is 0.758. The Bertz CT molecular complexity index is 1520. The van der Waals surface area contributed by atoms with Gasteiger partial charge in [-0.2, -0.15) is 0 Å². The highest BCUT2D eigenvalue weighted by Crippen LogP contribution is 2.43. The summed E-state index contributed by atoms with van der Waals surface area (Å²) >= 11 is 0. The number of rotatable bonds is 55. The summed E-state index contributed by atoms with van der Waals surface area (Å²) in [7, 11) is -4.76. The molecule has 0 saturated heterocycles. The molecule has 0 radical (unpaired) electrons. The van der Waals surface area contributed by atoms with Gasteiger partial charge in [0.15, 0.2) is 6.10 Å². The van der Waals surface area contributed by atoms with Crippen LogP contribution in [0.15, 0.2) is 72.9 Å². The lowest BCUT2D eigenvalue weighted by atomic mass is 10.1. The first kappa shape index (κ1) is 70.9. The third-order valence-electron chi connectivity index (χ3n) is 12.6. The second-order valence-corrected chi connectivity index (χ2v) is 21.2. The van der Waals surface area contributed by atoms with Crippen LogP contribution in [0.5, 0.6) is 0 Å². The largest absolute Gasteiger partial charge is 0.472 e. The fourth-order valence-electron chi connectivity index (χ4n) is 8.04. The van der Waals surface area contributed by atoms with Gasteiger partial charge < -0.3 is 24.2 Å². The lowest BCUT2D eigenvalue weighted by Crippen LogP contribution is -2.30. The van der Waals surface area contributed by atoms with Crippen molar-refractivity contribution in [2.45, 2.75) is 277 Å². The lowest BCUT2D eigenvalue weighted by molar-refractivity contribution is -0.161. The van der Waals surface area contributed by atoms with Crippen molar-refractivity contribution in [3.8, 4) is 0 Å². The van der Waals surface area contributed by atoms with Crippen LogP contribution >= 0.6 is 7.82 Å². The van der Waals surface area contributed by atoms with Crippen LogP contribution in [0.4, 0.5) is 0 Å². The zero-order chi connectivity index (χ0) is 54.1. The van der Waals surface area contributed by atoms with Crippen molar-refractivity contribution in [3.63, 3.8) is 0 Å². The lowest BCUT2D eigenvalue weighted by Gasteiger charge is -2.21. The number of unbranched alkanes of at least 4 members (excludes halogenated alkanes) is 26. The molecule has 0 spiro atoms. The predicted molar refractivity (Wildman–Crippen MR) is 307 cm³/mol. The molecule has 12 heteroatoms. The first-order valence-corrected chi connectivity index (χ1v) is 31.3. The van der Waals surface area contributed by atoms with Gasteiger partial charge in [-0.05, 0) is 109 Å². The third kappa shape index (κ3) is 53.7. The molecule has 0 aliphatic rings. The number of carbonyl (C=O) groups is 3. The van der Waals surface area contributed by atoms with Crippen molar-refractivity contribution in [1.82, 2.24) is 0 Å². The van der Waals surface area contributed by atoms with E-state index in [1.807, 2.05) is 0 Å². The monoisotopic (exact) mass is 1060 g/mol. The molecule has 3 unspecified atom stereocenters. The van der Waals surface area contributed by atoms with Crippen LogP contribution in [-0.4, -0.2) is 66.5 Å². The number of allylic oxidation sites excluding steroid dienone is 12. The number of esters is 3. The summed E-state index contributed by atoms with van der Waals surface area (Å²) in [6.45, 7) is 4.48. The molecule has 0 saturated carbocycles. The van der Waals surface area contributed by atoms with E-state index >= 15 is 0 Å². The van der Waals surface area contributed by atoms with Crippen molar-refractivity contribution in [3.05, 3.63) is 72.9 Å². The van der Waals surface area contributed by atoms with Gasteiger partial charge in [-0.25, -0.2) is 4.57 Å². The standard InChI is InChI=1S/C62H109O11P/c1-4-7-10-13-16-19-22-25-28-29-32-33-36-39-42-45-48-51-60(64)69-55-59(73-62(66)53-50-47-44-41-38-35-31-27-24-21-18-15-12-9-6-3)57-71-74(67,68)70-56-58(54-63)72-61(65)52-49-46-43-40-37-34-30-26-23-20-17-14-11-8-5-2/h9,12,18,21,25-28,30-31,38,41,58-59,63H,4-8,10-11,13-17,19-20,22-24,29,32-37,39-40,42-57H2,1-3H3,(H,67,68)/b12-9-,21-18-,28-25-,30-26-,31-27-,41-38-. The highest BCUT2D eigenvalue weighted by molar-refractivity contribution is 7.47. The van der Waals surface area contributed by atoms with Gasteiger partial charge in [0.25, 0.3) is 0 Å². The highest BCUT2D eigenvalue weighted by atomic mass is 31.2. The molecule has 0 rings (SSSR count). The van der Waals surface area contributed by atoms with Crippen LogP contribution < -0.4 is 0 Å². The van der Waals surface area contributed by atoms with Gasteiger partial charge in [-0.1, -0.05) is 209 Å². The number of hydrogen-bond donors (Lipinski definition) is 2. The smallest absolute Gasteiger partial charge is 0.462 e. The van der Waals surface area contributed by atoms with Gasteiger partial charge >= 0.3 is 25.7 Å². The van der Waals surface area contributed by atoms with Crippen LogP contribution in [0.25, 0.3) is 0 Å². The van der Waals surface area contributed by atoms with E-state index in [4.69, 9.17) is 23.3 Å². The number of aliphatic hydroxyl groups excluding tert-OH is 1. The Morgan fingerprint density at radius 3 is 1.12 bits per heavy atom. The maximum atomic E-state index is 12.9. The number of hydrogen-bond acceptors (Lipinski definition) is 10. The molecule has 0 aromatic heterocycles. The van der Waals surface area contributed by atoms with Crippen molar-refractivity contribution in [1.29, 1.82) is 0 Å². The van der Waals surface area contributed by atoms with Gasteiger partial charge in [-0.15, -0.1) is 0 Å². The van der Waals surface area contributed by atoms with Crippen molar-refractivity contribution < 1.29 is 52.2 Å². The second-order valence-electron chi connectivity index (χ2n) is 19.8. The number of carbonyl (C=O) groups excluding carboxylic acids is 3. The van der Waals surface area contributed by atoms with Crippen LogP contribution in [0, 0.1) is 0 Å². The topological polar surface area (TPSA) is 155 Å². The fourth-order valence-corrected chi connectivity index (χ4v) is 8.83. The Kier molecular flexibility index (Phi) is 53.8. The average molecular weight is 1060 g/mol. The molecule has 0 fully saturated rings. The van der Waals surface area contributed by atoms with Crippen LogP contribution in [0.2, 0.25) is 0 Å². The molecule has 3 atom stereocenters.